The van der Waals surface area contributed by atoms with Crippen LogP contribution in [-0.2, 0) is 26.2 Å². The minimum atomic E-state index is -4.21. The van der Waals surface area contributed by atoms with Crippen LogP contribution in [0.1, 0.15) is 44.6 Å². The molecule has 3 aromatic rings. The number of nitrogens with zero attached hydrogens (tertiary/aromatic N) is 2. The lowest BCUT2D eigenvalue weighted by molar-refractivity contribution is -0.139. The van der Waals surface area contributed by atoms with Crippen molar-refractivity contribution >= 4 is 55.1 Å². The predicted molar refractivity (Wildman–Crippen MR) is 168 cm³/mol. The SMILES string of the molecule is COc1ccc(S(=O)(=O)N(CC(=O)N(Cc2ccc(Br)cc2)C(C)C(=O)NC2CCCCC2)c2cccc(Cl)c2)cc1. The number of benzene rings is 3. The average molecular weight is 677 g/mol. The Labute approximate surface area is 261 Å². The average Bonchev–Trinajstić information content (AvgIpc) is 2.99. The second-order valence-corrected chi connectivity index (χ2v) is 13.5. The summed E-state index contributed by atoms with van der Waals surface area (Å²) in [5.74, 6) is -0.293. The molecule has 0 spiro atoms. The summed E-state index contributed by atoms with van der Waals surface area (Å²) in [6, 6.07) is 18.9. The predicted octanol–water partition coefficient (Wildman–Crippen LogP) is 6.17. The second-order valence-electron chi connectivity index (χ2n) is 10.3. The second kappa shape index (κ2) is 14.4. The van der Waals surface area contributed by atoms with Crippen molar-refractivity contribution in [3.8, 4) is 5.75 Å². The number of nitrogens with one attached hydrogen (secondary N) is 1. The molecule has 0 radical (unpaired) electrons. The molecule has 1 atom stereocenters. The third-order valence-electron chi connectivity index (χ3n) is 7.41. The standard InChI is InChI=1S/C31H35BrClN3O5S/c1-22(31(38)34-26-8-4-3-5-9-26)35(20-23-11-13-24(32)14-12-23)30(37)21-36(27-10-6-7-25(33)19-27)42(39,40)29-17-15-28(41-2)16-18-29/h6-7,10-19,22,26H,3-5,8-9,20-21H2,1-2H3,(H,34,38). The first kappa shape index (κ1) is 31.8. The van der Waals surface area contributed by atoms with Gasteiger partial charge in [0.25, 0.3) is 10.0 Å². The largest absolute Gasteiger partial charge is 0.497 e. The molecule has 3 aromatic carbocycles. The molecular weight excluding hydrogens is 642 g/mol. The van der Waals surface area contributed by atoms with Crippen LogP contribution in [0.5, 0.6) is 5.75 Å². The first-order valence-corrected chi connectivity index (χ1v) is 16.5. The summed E-state index contributed by atoms with van der Waals surface area (Å²) in [5.41, 5.74) is 1.03. The van der Waals surface area contributed by atoms with Crippen LogP contribution in [0.25, 0.3) is 0 Å². The molecule has 2 amide bonds. The number of carbonyl (C=O) groups is 2. The molecule has 0 bridgehead atoms. The molecule has 11 heteroatoms. The number of halogens is 2. The number of anilines is 1. The van der Waals surface area contributed by atoms with Gasteiger partial charge >= 0.3 is 0 Å². The number of rotatable bonds is 11. The van der Waals surface area contributed by atoms with Crippen LogP contribution in [-0.4, -0.2) is 50.9 Å². The van der Waals surface area contributed by atoms with E-state index in [-0.39, 0.29) is 29.1 Å². The molecule has 224 valence electrons. The van der Waals surface area contributed by atoms with Crippen molar-refractivity contribution < 1.29 is 22.7 Å². The summed E-state index contributed by atoms with van der Waals surface area (Å²) >= 11 is 9.67. The summed E-state index contributed by atoms with van der Waals surface area (Å²) in [6.07, 6.45) is 5.07. The van der Waals surface area contributed by atoms with Crippen LogP contribution in [0.3, 0.4) is 0 Å². The highest BCUT2D eigenvalue weighted by atomic mass is 79.9. The molecule has 8 nitrogen and oxygen atoms in total. The molecule has 4 rings (SSSR count). The zero-order chi connectivity index (χ0) is 30.3. The van der Waals surface area contributed by atoms with Crippen LogP contribution < -0.4 is 14.4 Å². The number of ether oxygens (including phenoxy) is 1. The van der Waals surface area contributed by atoms with Gasteiger partial charge in [-0.1, -0.05) is 65.0 Å². The number of hydrogen-bond donors (Lipinski definition) is 1. The normalized spacial score (nSPS) is 14.6. The fourth-order valence-electron chi connectivity index (χ4n) is 4.97. The summed E-state index contributed by atoms with van der Waals surface area (Å²) in [6.45, 7) is 1.26. The van der Waals surface area contributed by atoms with E-state index >= 15 is 0 Å². The van der Waals surface area contributed by atoms with E-state index < -0.39 is 28.5 Å². The number of hydrogen-bond acceptors (Lipinski definition) is 5. The Kier molecular flexibility index (Phi) is 10.9. The van der Waals surface area contributed by atoms with Gasteiger partial charge < -0.3 is 15.0 Å². The van der Waals surface area contributed by atoms with E-state index in [9.17, 15) is 18.0 Å². The quantitative estimate of drug-likeness (QED) is 0.262. The molecule has 1 unspecified atom stereocenters. The van der Waals surface area contributed by atoms with Crippen molar-refractivity contribution in [2.45, 2.75) is 62.6 Å². The van der Waals surface area contributed by atoms with Gasteiger partial charge in [-0.25, -0.2) is 8.42 Å². The Hall–Kier alpha value is -3.08. The monoisotopic (exact) mass is 675 g/mol. The van der Waals surface area contributed by atoms with Gasteiger partial charge in [0.1, 0.15) is 18.3 Å². The molecule has 1 saturated carbocycles. The third kappa shape index (κ3) is 8.05. The molecule has 1 fully saturated rings. The zero-order valence-corrected chi connectivity index (χ0v) is 26.8. The topological polar surface area (TPSA) is 96.0 Å². The molecule has 42 heavy (non-hydrogen) atoms. The van der Waals surface area contributed by atoms with Crippen molar-refractivity contribution in [2.75, 3.05) is 18.0 Å². The summed E-state index contributed by atoms with van der Waals surface area (Å²) in [5, 5.41) is 3.43. The third-order valence-corrected chi connectivity index (χ3v) is 9.96. The Balaban J connectivity index is 1.67. The fourth-order valence-corrected chi connectivity index (χ4v) is 6.83. The van der Waals surface area contributed by atoms with E-state index in [1.54, 1.807) is 37.3 Å². The smallest absolute Gasteiger partial charge is 0.264 e. The minimum Gasteiger partial charge on any atom is -0.497 e. The minimum absolute atomic E-state index is 0.0152. The van der Waals surface area contributed by atoms with Crippen molar-refractivity contribution in [1.82, 2.24) is 10.2 Å². The number of methoxy groups -OCH3 is 1. The van der Waals surface area contributed by atoms with E-state index in [0.717, 1.165) is 46.4 Å². The molecule has 1 N–H and O–H groups in total. The van der Waals surface area contributed by atoms with Crippen LogP contribution in [0.2, 0.25) is 5.02 Å². The van der Waals surface area contributed by atoms with E-state index in [4.69, 9.17) is 16.3 Å². The highest BCUT2D eigenvalue weighted by Gasteiger charge is 2.33. The van der Waals surface area contributed by atoms with Crippen molar-refractivity contribution in [2.24, 2.45) is 0 Å². The first-order chi connectivity index (χ1) is 20.1. The van der Waals surface area contributed by atoms with E-state index in [1.807, 2.05) is 24.3 Å². The Morgan fingerprint density at radius 3 is 2.31 bits per heavy atom. The van der Waals surface area contributed by atoms with E-state index in [1.165, 1.54) is 30.2 Å². The van der Waals surface area contributed by atoms with Gasteiger partial charge in [0.15, 0.2) is 0 Å². The van der Waals surface area contributed by atoms with Gasteiger partial charge in [0.05, 0.1) is 17.7 Å². The number of carbonyl (C=O) groups excluding carboxylic acids is 2. The Morgan fingerprint density at radius 2 is 1.69 bits per heavy atom. The van der Waals surface area contributed by atoms with Crippen LogP contribution in [0.4, 0.5) is 5.69 Å². The Bertz CT molecular complexity index is 1480. The lowest BCUT2D eigenvalue weighted by atomic mass is 9.95. The molecule has 0 saturated heterocycles. The maximum Gasteiger partial charge on any atom is 0.264 e. The van der Waals surface area contributed by atoms with Crippen molar-refractivity contribution in [1.29, 1.82) is 0 Å². The number of amides is 2. The lowest BCUT2D eigenvalue weighted by Gasteiger charge is -2.33. The maximum absolute atomic E-state index is 14.1. The number of sulfonamides is 1. The van der Waals surface area contributed by atoms with Gasteiger partial charge in [0, 0.05) is 22.1 Å². The summed E-state index contributed by atoms with van der Waals surface area (Å²) < 4.78 is 35.0. The summed E-state index contributed by atoms with van der Waals surface area (Å²) in [7, 11) is -2.71. The fraction of sp³-hybridized carbons (Fsp3) is 0.355. The summed E-state index contributed by atoms with van der Waals surface area (Å²) in [4.78, 5) is 28.9. The lowest BCUT2D eigenvalue weighted by Crippen LogP contribution is -2.53. The van der Waals surface area contributed by atoms with Crippen LogP contribution in [0, 0.1) is 0 Å². The first-order valence-electron chi connectivity index (χ1n) is 13.8. The molecule has 0 heterocycles. The highest BCUT2D eigenvalue weighted by Crippen LogP contribution is 2.28. The van der Waals surface area contributed by atoms with Gasteiger partial charge in [-0.15, -0.1) is 0 Å². The molecule has 0 aromatic heterocycles. The van der Waals surface area contributed by atoms with Crippen molar-refractivity contribution in [3.63, 3.8) is 0 Å². The van der Waals surface area contributed by atoms with Crippen molar-refractivity contribution in [3.05, 3.63) is 87.9 Å². The van der Waals surface area contributed by atoms with Crippen LogP contribution in [0.15, 0.2) is 82.2 Å². The van der Waals surface area contributed by atoms with Crippen LogP contribution >= 0.6 is 27.5 Å². The van der Waals surface area contributed by atoms with Gasteiger partial charge in [-0.3, -0.25) is 13.9 Å². The zero-order valence-electron chi connectivity index (χ0n) is 23.6. The maximum atomic E-state index is 14.1. The van der Waals surface area contributed by atoms with Gasteiger partial charge in [-0.05, 0) is 79.9 Å². The molecular formula is C31H35BrClN3O5S. The van der Waals surface area contributed by atoms with E-state index in [0.29, 0.717) is 10.8 Å². The van der Waals surface area contributed by atoms with Gasteiger partial charge in [-0.2, -0.15) is 0 Å². The Morgan fingerprint density at radius 1 is 1.02 bits per heavy atom. The van der Waals surface area contributed by atoms with E-state index in [2.05, 4.69) is 21.2 Å². The van der Waals surface area contributed by atoms with Gasteiger partial charge in [0.2, 0.25) is 11.8 Å². The highest BCUT2D eigenvalue weighted by molar-refractivity contribution is 9.10. The molecule has 1 aliphatic carbocycles. The molecule has 1 aliphatic rings. The molecule has 0 aliphatic heterocycles.